The van der Waals surface area contributed by atoms with Crippen molar-refractivity contribution < 1.29 is 29.4 Å². The fraction of sp³-hybridized carbons (Fsp3) is 0.800. The minimum atomic E-state index is -0.720. The maximum atomic E-state index is 10.1. The number of hydrogen-bond acceptors (Lipinski definition) is 2. The summed E-state index contributed by atoms with van der Waals surface area (Å²) < 4.78 is 0. The average Bonchev–Trinajstić information content (AvgIpc) is 2.12. The summed E-state index contributed by atoms with van der Waals surface area (Å²) in [6, 6.07) is -0.269. The van der Waals surface area contributed by atoms with Crippen molar-refractivity contribution in [2.24, 2.45) is 0 Å². The van der Waals surface area contributed by atoms with E-state index in [1.165, 1.54) is 0 Å². The zero-order chi connectivity index (χ0) is 5.98. The molecule has 3 nitrogen and oxygen atoms in total. The molecule has 0 spiro atoms. The smallest absolute Gasteiger partial charge is 0.320 e. The molecule has 0 aromatic rings. The van der Waals surface area contributed by atoms with Crippen LogP contribution in [0.25, 0.3) is 0 Å². The van der Waals surface area contributed by atoms with E-state index in [2.05, 4.69) is 5.32 Å². The molecule has 1 atom stereocenters. The molecule has 0 aromatic carbocycles. The van der Waals surface area contributed by atoms with Gasteiger partial charge in [-0.2, -0.15) is 0 Å². The number of carboxylic acids is 1. The van der Waals surface area contributed by atoms with Gasteiger partial charge in [0.15, 0.2) is 0 Å². The Labute approximate surface area is 66.6 Å². The van der Waals surface area contributed by atoms with Gasteiger partial charge in [0.2, 0.25) is 0 Å². The van der Waals surface area contributed by atoms with Crippen LogP contribution in [0.2, 0.25) is 0 Å². The molecule has 55 valence electrons. The Balaban J connectivity index is 0.000000640. The minimum Gasteiger partial charge on any atom is -0.480 e. The minimum absolute atomic E-state index is 0. The first kappa shape index (κ1) is 9.05. The van der Waals surface area contributed by atoms with Crippen LogP contribution in [0.1, 0.15) is 12.8 Å². The Morgan fingerprint density at radius 2 is 2.33 bits per heavy atom. The predicted molar refractivity (Wildman–Crippen MR) is 28.7 cm³/mol. The Bertz CT molecular complexity index is 101. The topological polar surface area (TPSA) is 49.3 Å². The number of carbonyl (C=O) groups is 1. The van der Waals surface area contributed by atoms with Gasteiger partial charge in [-0.15, -0.1) is 0 Å². The van der Waals surface area contributed by atoms with E-state index in [1.54, 1.807) is 0 Å². The van der Waals surface area contributed by atoms with Crippen molar-refractivity contribution in [1.82, 2.24) is 5.32 Å². The molecular weight excluding hydrogens is 209 g/mol. The van der Waals surface area contributed by atoms with Crippen LogP contribution in [0, 0.1) is 0 Å². The molecule has 1 radical (unpaired) electrons. The Kier molecular flexibility index (Phi) is 3.99. The zero-order valence-corrected chi connectivity index (χ0v) is 6.53. The maximum Gasteiger partial charge on any atom is 0.320 e. The van der Waals surface area contributed by atoms with Gasteiger partial charge < -0.3 is 10.4 Å². The van der Waals surface area contributed by atoms with E-state index in [1.807, 2.05) is 0 Å². The molecule has 1 heterocycles. The monoisotopic (exact) mass is 218 g/mol. The molecule has 0 aromatic heterocycles. The molecule has 0 amide bonds. The molecule has 1 aliphatic rings. The quantitative estimate of drug-likeness (QED) is 0.600. The summed E-state index contributed by atoms with van der Waals surface area (Å²) in [5.41, 5.74) is 0. The summed E-state index contributed by atoms with van der Waals surface area (Å²) in [7, 11) is 0. The summed E-state index contributed by atoms with van der Waals surface area (Å²) in [4.78, 5) is 10.1. The van der Waals surface area contributed by atoms with Crippen LogP contribution in [-0.4, -0.2) is 23.7 Å². The van der Waals surface area contributed by atoms with Crippen LogP contribution >= 0.6 is 0 Å². The molecule has 9 heavy (non-hydrogen) atoms. The van der Waals surface area contributed by atoms with Crippen LogP contribution in [0.15, 0.2) is 0 Å². The SMILES string of the molecule is O=C(O)[C@@H]1CCCN1.[Rh]. The number of aliphatic carboxylic acids is 1. The molecule has 4 heteroatoms. The van der Waals surface area contributed by atoms with Gasteiger partial charge in [-0.05, 0) is 19.4 Å². The first-order valence-corrected chi connectivity index (χ1v) is 2.77. The fourth-order valence-electron chi connectivity index (χ4n) is 0.895. The number of nitrogens with one attached hydrogen (secondary N) is 1. The van der Waals surface area contributed by atoms with E-state index >= 15 is 0 Å². The second-order valence-electron chi connectivity index (χ2n) is 1.99. The second-order valence-corrected chi connectivity index (χ2v) is 1.99. The van der Waals surface area contributed by atoms with Crippen LogP contribution in [-0.2, 0) is 24.3 Å². The molecule has 1 rings (SSSR count). The van der Waals surface area contributed by atoms with Crippen LogP contribution < -0.4 is 5.32 Å². The zero-order valence-electron chi connectivity index (χ0n) is 4.89. The standard InChI is InChI=1S/C5H9NO2.Rh/c7-5(8)4-2-1-3-6-4;/h4,6H,1-3H2,(H,7,8);/t4-;/m0./s1. The van der Waals surface area contributed by atoms with Gasteiger partial charge in [0.1, 0.15) is 6.04 Å². The summed E-state index contributed by atoms with van der Waals surface area (Å²) in [5, 5.41) is 11.2. The molecular formula is C5H9NO2Rh. The van der Waals surface area contributed by atoms with E-state index in [4.69, 9.17) is 5.11 Å². The molecule has 0 aliphatic carbocycles. The maximum absolute atomic E-state index is 10.1. The average molecular weight is 218 g/mol. The van der Waals surface area contributed by atoms with E-state index in [0.717, 1.165) is 19.4 Å². The summed E-state index contributed by atoms with van der Waals surface area (Å²) in [5.74, 6) is -0.720. The Morgan fingerprint density at radius 3 is 2.56 bits per heavy atom. The molecule has 1 fully saturated rings. The first-order chi connectivity index (χ1) is 3.80. The third-order valence-electron chi connectivity index (χ3n) is 1.36. The van der Waals surface area contributed by atoms with Crippen molar-refractivity contribution in [3.63, 3.8) is 0 Å². The van der Waals surface area contributed by atoms with Crippen molar-refractivity contribution in [2.45, 2.75) is 18.9 Å². The van der Waals surface area contributed by atoms with Crippen molar-refractivity contribution >= 4 is 5.97 Å². The summed E-state index contributed by atoms with van der Waals surface area (Å²) >= 11 is 0. The van der Waals surface area contributed by atoms with Crippen LogP contribution in [0.4, 0.5) is 0 Å². The third kappa shape index (κ3) is 2.42. The fourth-order valence-corrected chi connectivity index (χ4v) is 0.895. The van der Waals surface area contributed by atoms with Gasteiger partial charge >= 0.3 is 5.97 Å². The van der Waals surface area contributed by atoms with E-state index < -0.39 is 5.97 Å². The summed E-state index contributed by atoms with van der Waals surface area (Å²) in [6.45, 7) is 0.858. The molecule has 0 bridgehead atoms. The van der Waals surface area contributed by atoms with E-state index in [9.17, 15) is 4.79 Å². The van der Waals surface area contributed by atoms with Crippen LogP contribution in [0.5, 0.6) is 0 Å². The van der Waals surface area contributed by atoms with Gasteiger partial charge in [0.05, 0.1) is 0 Å². The van der Waals surface area contributed by atoms with Gasteiger partial charge in [-0.25, -0.2) is 0 Å². The van der Waals surface area contributed by atoms with Crippen molar-refractivity contribution in [3.8, 4) is 0 Å². The van der Waals surface area contributed by atoms with Crippen molar-refractivity contribution in [1.29, 1.82) is 0 Å². The van der Waals surface area contributed by atoms with Gasteiger partial charge in [-0.1, -0.05) is 0 Å². The summed E-state index contributed by atoms with van der Waals surface area (Å²) in [6.07, 6.45) is 1.78. The van der Waals surface area contributed by atoms with E-state index in [-0.39, 0.29) is 25.5 Å². The van der Waals surface area contributed by atoms with Crippen molar-refractivity contribution in [2.75, 3.05) is 6.54 Å². The predicted octanol–water partition coefficient (Wildman–Crippen LogP) is -0.179. The number of rotatable bonds is 1. The molecule has 0 unspecified atom stereocenters. The first-order valence-electron chi connectivity index (χ1n) is 2.77. The second kappa shape index (κ2) is 3.96. The van der Waals surface area contributed by atoms with Crippen molar-refractivity contribution in [3.05, 3.63) is 0 Å². The number of carboxylic acid groups (broad SMARTS) is 1. The normalized spacial score (nSPS) is 25.1. The third-order valence-corrected chi connectivity index (χ3v) is 1.36. The molecule has 2 N–H and O–H groups in total. The number of hydrogen-bond donors (Lipinski definition) is 2. The van der Waals surface area contributed by atoms with Gasteiger partial charge in [0.25, 0.3) is 0 Å². The largest absolute Gasteiger partial charge is 0.480 e. The van der Waals surface area contributed by atoms with Gasteiger partial charge in [0, 0.05) is 19.5 Å². The molecule has 0 saturated carbocycles. The Morgan fingerprint density at radius 1 is 1.67 bits per heavy atom. The molecule has 1 saturated heterocycles. The van der Waals surface area contributed by atoms with E-state index in [0.29, 0.717) is 0 Å². The van der Waals surface area contributed by atoms with Gasteiger partial charge in [-0.3, -0.25) is 4.79 Å². The molecule has 1 aliphatic heterocycles. The van der Waals surface area contributed by atoms with Crippen LogP contribution in [0.3, 0.4) is 0 Å². The Hall–Kier alpha value is 0.0534.